The van der Waals surface area contributed by atoms with E-state index in [1.807, 2.05) is 25.1 Å². The van der Waals surface area contributed by atoms with Crippen molar-refractivity contribution in [3.63, 3.8) is 0 Å². The molecule has 2 aromatic rings. The first-order valence-corrected chi connectivity index (χ1v) is 8.80. The van der Waals surface area contributed by atoms with Gasteiger partial charge in [-0.3, -0.25) is 4.79 Å². The fourth-order valence-corrected chi connectivity index (χ4v) is 3.28. The Morgan fingerprint density at radius 3 is 2.54 bits per heavy atom. The van der Waals surface area contributed by atoms with E-state index >= 15 is 0 Å². The van der Waals surface area contributed by atoms with Gasteiger partial charge in [0.05, 0.1) is 24.7 Å². The predicted octanol–water partition coefficient (Wildman–Crippen LogP) is 4.97. The number of carbonyl (C=O) groups is 1. The highest BCUT2D eigenvalue weighted by molar-refractivity contribution is 7.94. The largest absolute Gasteiger partial charge is 0.478 e. The summed E-state index contributed by atoms with van der Waals surface area (Å²) in [5.74, 6) is -0.110. The van der Waals surface area contributed by atoms with Crippen molar-refractivity contribution in [3.05, 3.63) is 65.0 Å². The van der Waals surface area contributed by atoms with Gasteiger partial charge in [-0.25, -0.2) is 9.28 Å². The van der Waals surface area contributed by atoms with Crippen LogP contribution in [0, 0.1) is 12.7 Å². The summed E-state index contributed by atoms with van der Waals surface area (Å²) in [6.07, 6.45) is 0. The third-order valence-corrected chi connectivity index (χ3v) is 4.94. The highest BCUT2D eigenvalue weighted by Gasteiger charge is 2.42. The van der Waals surface area contributed by atoms with Crippen molar-refractivity contribution in [2.24, 2.45) is 0 Å². The second kappa shape index (κ2) is 7.23. The van der Waals surface area contributed by atoms with Gasteiger partial charge in [-0.05, 0) is 56.2 Å². The second-order valence-corrected chi connectivity index (χ2v) is 7.20. The molecule has 136 valence electrons. The van der Waals surface area contributed by atoms with Gasteiger partial charge in [0, 0.05) is 10.5 Å². The van der Waals surface area contributed by atoms with E-state index in [1.165, 1.54) is 19.2 Å². The molecule has 0 fully saturated rings. The Labute approximate surface area is 156 Å². The maximum absolute atomic E-state index is 13.7. The number of Topliss-reactive ketones (excluding diaryl/α,β-unsaturated/α-hetero) is 1. The van der Waals surface area contributed by atoms with E-state index in [1.54, 1.807) is 26.0 Å². The predicted molar refractivity (Wildman–Crippen MR) is 98.5 cm³/mol. The zero-order valence-corrected chi connectivity index (χ0v) is 15.8. The molecule has 1 aliphatic rings. The van der Waals surface area contributed by atoms with Crippen LogP contribution in [0.15, 0.2) is 47.4 Å². The summed E-state index contributed by atoms with van der Waals surface area (Å²) in [7, 11) is 1.44. The molecule has 1 aliphatic heterocycles. The van der Waals surface area contributed by atoms with E-state index in [9.17, 15) is 9.18 Å². The van der Waals surface area contributed by atoms with Crippen LogP contribution in [0.4, 0.5) is 4.39 Å². The van der Waals surface area contributed by atoms with Gasteiger partial charge in [0.1, 0.15) is 11.6 Å². The number of rotatable bonds is 5. The average Bonchev–Trinajstić information content (AvgIpc) is 2.84. The van der Waals surface area contributed by atoms with E-state index in [-0.39, 0.29) is 5.78 Å². The van der Waals surface area contributed by atoms with Gasteiger partial charge in [-0.15, -0.1) is 0 Å². The lowest BCUT2D eigenvalue weighted by atomic mass is 9.92. The number of ketones is 1. The third kappa shape index (κ3) is 3.53. The van der Waals surface area contributed by atoms with Crippen LogP contribution in [-0.2, 0) is 18.8 Å². The van der Waals surface area contributed by atoms with Gasteiger partial charge in [0.15, 0.2) is 5.60 Å². The molecule has 3 rings (SSSR count). The summed E-state index contributed by atoms with van der Waals surface area (Å²) in [6.45, 7) is 5.35. The zero-order valence-electron chi connectivity index (χ0n) is 15.0. The van der Waals surface area contributed by atoms with Crippen molar-refractivity contribution in [3.8, 4) is 0 Å². The third-order valence-electron chi connectivity index (χ3n) is 4.10. The van der Waals surface area contributed by atoms with Crippen molar-refractivity contribution < 1.29 is 23.1 Å². The minimum atomic E-state index is -1.00. The summed E-state index contributed by atoms with van der Waals surface area (Å²) in [5.41, 5.74) is 1.59. The van der Waals surface area contributed by atoms with Crippen LogP contribution in [0.5, 0.6) is 0 Å². The number of hydrogen-bond donors (Lipinski definition) is 0. The van der Waals surface area contributed by atoms with Crippen molar-refractivity contribution in [2.45, 2.75) is 31.3 Å². The molecule has 0 aliphatic carbocycles. The SMILES string of the molecule is COOSc1ccc(C2=C(c3cccc(F)c3)C(=O)C(C)(C)O2)cc1C. The van der Waals surface area contributed by atoms with Crippen LogP contribution in [0.25, 0.3) is 11.3 Å². The molecule has 4 nitrogen and oxygen atoms in total. The smallest absolute Gasteiger partial charge is 0.210 e. The molecule has 0 saturated carbocycles. The fourth-order valence-electron chi connectivity index (χ4n) is 2.82. The van der Waals surface area contributed by atoms with Gasteiger partial charge >= 0.3 is 0 Å². The molecule has 0 spiro atoms. The molecule has 0 atom stereocenters. The topological polar surface area (TPSA) is 44.8 Å². The molecule has 0 unspecified atom stereocenters. The van der Waals surface area contributed by atoms with Crippen LogP contribution in [0.3, 0.4) is 0 Å². The average molecular weight is 374 g/mol. The van der Waals surface area contributed by atoms with E-state index < -0.39 is 11.4 Å². The molecule has 6 heteroatoms. The highest BCUT2D eigenvalue weighted by atomic mass is 32.2. The fraction of sp³-hybridized carbons (Fsp3) is 0.250. The number of hydrogen-bond acceptors (Lipinski definition) is 5. The molecule has 1 heterocycles. The molecule has 26 heavy (non-hydrogen) atoms. The Kier molecular flexibility index (Phi) is 5.18. The van der Waals surface area contributed by atoms with Crippen LogP contribution in [-0.4, -0.2) is 18.5 Å². The van der Waals surface area contributed by atoms with Crippen molar-refractivity contribution >= 4 is 29.2 Å². The Bertz CT molecular complexity index is 889. The highest BCUT2D eigenvalue weighted by Crippen LogP contribution is 2.42. The van der Waals surface area contributed by atoms with E-state index in [2.05, 4.69) is 4.89 Å². The number of carbonyl (C=O) groups excluding carboxylic acids is 1. The van der Waals surface area contributed by atoms with Crippen LogP contribution in [0.1, 0.15) is 30.5 Å². The lowest BCUT2D eigenvalue weighted by Gasteiger charge is -2.18. The lowest BCUT2D eigenvalue weighted by molar-refractivity contribution is -0.160. The Morgan fingerprint density at radius 2 is 1.88 bits per heavy atom. The number of aryl methyl sites for hydroxylation is 1. The van der Waals surface area contributed by atoms with Crippen molar-refractivity contribution in [1.82, 2.24) is 0 Å². The number of benzene rings is 2. The first-order valence-electron chi connectivity index (χ1n) is 8.06. The standard InChI is InChI=1S/C20H19FO4S/c1-12-10-14(8-9-16(12)26-25-23-4)18-17(19(22)20(2,3)24-18)13-6-5-7-15(21)11-13/h5-11H,1-4H3. The molecule has 0 radical (unpaired) electrons. The van der Waals surface area contributed by atoms with E-state index in [4.69, 9.17) is 9.07 Å². The monoisotopic (exact) mass is 374 g/mol. The van der Waals surface area contributed by atoms with E-state index in [0.717, 1.165) is 28.1 Å². The molecule has 0 N–H and O–H groups in total. The summed E-state index contributed by atoms with van der Waals surface area (Å²) < 4.78 is 24.6. The van der Waals surface area contributed by atoms with Crippen molar-refractivity contribution in [1.29, 1.82) is 0 Å². The maximum Gasteiger partial charge on any atom is 0.210 e. The maximum atomic E-state index is 13.7. The van der Waals surface area contributed by atoms with Crippen LogP contribution >= 0.6 is 12.0 Å². The molecule has 0 saturated heterocycles. The number of halogens is 1. The van der Waals surface area contributed by atoms with E-state index in [0.29, 0.717) is 16.9 Å². The molecule has 0 aromatic heterocycles. The minimum absolute atomic E-state index is 0.170. The number of ether oxygens (including phenoxy) is 1. The molecular formula is C20H19FO4S. The summed E-state index contributed by atoms with van der Waals surface area (Å²) in [5, 5.41) is 0. The first-order chi connectivity index (χ1) is 12.3. The Morgan fingerprint density at radius 1 is 1.12 bits per heavy atom. The van der Waals surface area contributed by atoms with Gasteiger partial charge in [0.2, 0.25) is 5.78 Å². The summed E-state index contributed by atoms with van der Waals surface area (Å²) >= 11 is 1.10. The van der Waals surface area contributed by atoms with Gasteiger partial charge in [0.25, 0.3) is 0 Å². The molecular weight excluding hydrogens is 355 g/mol. The molecule has 2 aromatic carbocycles. The minimum Gasteiger partial charge on any atom is -0.478 e. The summed E-state index contributed by atoms with van der Waals surface area (Å²) in [6, 6.07) is 11.6. The lowest BCUT2D eigenvalue weighted by Crippen LogP contribution is -2.29. The normalized spacial score (nSPS) is 16.1. The van der Waals surface area contributed by atoms with Gasteiger partial charge < -0.3 is 4.74 Å². The Hall–Kier alpha value is -2.15. The van der Waals surface area contributed by atoms with Gasteiger partial charge in [-0.2, -0.15) is 4.33 Å². The van der Waals surface area contributed by atoms with Crippen molar-refractivity contribution in [2.75, 3.05) is 7.11 Å². The summed E-state index contributed by atoms with van der Waals surface area (Å²) in [4.78, 5) is 18.4. The first kappa shape index (κ1) is 18.6. The van der Waals surface area contributed by atoms with Gasteiger partial charge in [-0.1, -0.05) is 18.2 Å². The van der Waals surface area contributed by atoms with Crippen LogP contribution in [0.2, 0.25) is 0 Å². The Balaban J connectivity index is 2.10. The molecule has 0 bridgehead atoms. The zero-order chi connectivity index (χ0) is 18.9. The quantitative estimate of drug-likeness (QED) is 0.420. The molecule has 0 amide bonds. The van der Waals surface area contributed by atoms with Crippen LogP contribution < -0.4 is 0 Å². The second-order valence-electron chi connectivity index (χ2n) is 6.45.